The Morgan fingerprint density at radius 3 is 2.64 bits per heavy atom. The molecule has 1 aliphatic rings. The molecule has 1 aliphatic heterocycles. The maximum absolute atomic E-state index is 12.0. The molecule has 5 heteroatoms. The fourth-order valence-electron chi connectivity index (χ4n) is 2.75. The Bertz CT molecular complexity index is 483. The van der Waals surface area contributed by atoms with E-state index in [1.165, 1.54) is 0 Å². The van der Waals surface area contributed by atoms with Gasteiger partial charge in [0.15, 0.2) is 0 Å². The first-order valence-corrected chi connectivity index (χ1v) is 8.09. The molecule has 1 atom stereocenters. The standard InChI is InChI=1S/C17H28N4O/c1-14(21-11-9-20(2)10-12-21)13-19-17(22)8-7-15-5-3-4-6-16(15)18/h3-6,14H,7-13,18H2,1-2H3,(H,19,22). The van der Waals surface area contributed by atoms with Crippen LogP contribution in [0.5, 0.6) is 0 Å². The average Bonchev–Trinajstić information content (AvgIpc) is 2.52. The molecule has 1 heterocycles. The molecule has 2 rings (SSSR count). The molecule has 0 spiro atoms. The highest BCUT2D eigenvalue weighted by Gasteiger charge is 2.19. The van der Waals surface area contributed by atoms with Crippen LogP contribution in [-0.4, -0.2) is 61.5 Å². The van der Waals surface area contributed by atoms with Crippen molar-refractivity contribution in [1.29, 1.82) is 0 Å². The van der Waals surface area contributed by atoms with Crippen LogP contribution in [0.1, 0.15) is 18.9 Å². The van der Waals surface area contributed by atoms with Crippen LogP contribution in [0, 0.1) is 0 Å². The number of likely N-dealkylation sites (N-methyl/N-ethyl adjacent to an activating group) is 1. The second-order valence-corrected chi connectivity index (χ2v) is 6.19. The summed E-state index contributed by atoms with van der Waals surface area (Å²) in [6, 6.07) is 8.12. The van der Waals surface area contributed by atoms with Crippen molar-refractivity contribution in [3.8, 4) is 0 Å². The van der Waals surface area contributed by atoms with E-state index in [1.807, 2.05) is 24.3 Å². The molecule has 0 saturated carbocycles. The lowest BCUT2D eigenvalue weighted by Gasteiger charge is -2.36. The summed E-state index contributed by atoms with van der Waals surface area (Å²) < 4.78 is 0. The highest BCUT2D eigenvalue weighted by Crippen LogP contribution is 2.12. The second-order valence-electron chi connectivity index (χ2n) is 6.19. The highest BCUT2D eigenvalue weighted by atomic mass is 16.1. The lowest BCUT2D eigenvalue weighted by Crippen LogP contribution is -2.51. The van der Waals surface area contributed by atoms with Gasteiger partial charge in [0.25, 0.3) is 0 Å². The third-order valence-corrected chi connectivity index (χ3v) is 4.43. The molecule has 1 fully saturated rings. The first-order valence-electron chi connectivity index (χ1n) is 8.09. The molecule has 0 aromatic heterocycles. The molecule has 0 radical (unpaired) electrons. The van der Waals surface area contributed by atoms with Crippen molar-refractivity contribution in [3.05, 3.63) is 29.8 Å². The Labute approximate surface area is 133 Å². The smallest absolute Gasteiger partial charge is 0.220 e. The number of anilines is 1. The maximum Gasteiger partial charge on any atom is 0.220 e. The number of benzene rings is 1. The van der Waals surface area contributed by atoms with E-state index in [1.54, 1.807) is 0 Å². The van der Waals surface area contributed by atoms with Gasteiger partial charge < -0.3 is 16.0 Å². The summed E-state index contributed by atoms with van der Waals surface area (Å²) in [6.45, 7) is 7.26. The minimum atomic E-state index is 0.101. The molecule has 1 amide bonds. The number of carbonyl (C=O) groups is 1. The van der Waals surface area contributed by atoms with Crippen molar-refractivity contribution in [1.82, 2.24) is 15.1 Å². The molecule has 0 bridgehead atoms. The summed E-state index contributed by atoms with van der Waals surface area (Å²) >= 11 is 0. The Balaban J connectivity index is 1.68. The number of nitrogens with one attached hydrogen (secondary N) is 1. The van der Waals surface area contributed by atoms with Gasteiger partial charge in [-0.15, -0.1) is 0 Å². The van der Waals surface area contributed by atoms with Crippen LogP contribution in [0.25, 0.3) is 0 Å². The van der Waals surface area contributed by atoms with Crippen molar-refractivity contribution in [2.75, 3.05) is 45.5 Å². The van der Waals surface area contributed by atoms with Gasteiger partial charge in [0, 0.05) is 50.9 Å². The number of hydrogen-bond donors (Lipinski definition) is 2. The maximum atomic E-state index is 12.0. The molecule has 3 N–H and O–H groups in total. The number of nitrogens with two attached hydrogens (primary N) is 1. The van der Waals surface area contributed by atoms with Gasteiger partial charge in [-0.05, 0) is 32.0 Å². The first kappa shape index (κ1) is 16.8. The van der Waals surface area contributed by atoms with Gasteiger partial charge in [-0.2, -0.15) is 0 Å². The zero-order chi connectivity index (χ0) is 15.9. The fourth-order valence-corrected chi connectivity index (χ4v) is 2.75. The van der Waals surface area contributed by atoms with Gasteiger partial charge in [-0.3, -0.25) is 9.69 Å². The molecule has 0 aliphatic carbocycles. The van der Waals surface area contributed by atoms with Crippen molar-refractivity contribution in [2.45, 2.75) is 25.8 Å². The summed E-state index contributed by atoms with van der Waals surface area (Å²) in [5, 5.41) is 3.05. The van der Waals surface area contributed by atoms with Crippen LogP contribution >= 0.6 is 0 Å². The molecule has 1 unspecified atom stereocenters. The number of piperazine rings is 1. The normalized spacial score (nSPS) is 18.1. The number of rotatable bonds is 6. The molecule has 1 saturated heterocycles. The second kappa shape index (κ2) is 8.15. The summed E-state index contributed by atoms with van der Waals surface area (Å²) in [5.41, 5.74) is 7.71. The van der Waals surface area contributed by atoms with Crippen LogP contribution in [0.2, 0.25) is 0 Å². The predicted molar refractivity (Wildman–Crippen MR) is 90.7 cm³/mol. The van der Waals surface area contributed by atoms with E-state index < -0.39 is 0 Å². The van der Waals surface area contributed by atoms with Gasteiger partial charge in [-0.1, -0.05) is 18.2 Å². The van der Waals surface area contributed by atoms with E-state index in [0.717, 1.165) is 37.4 Å². The third kappa shape index (κ3) is 5.00. The van der Waals surface area contributed by atoms with Crippen LogP contribution in [-0.2, 0) is 11.2 Å². The molecule has 122 valence electrons. The quantitative estimate of drug-likeness (QED) is 0.768. The van der Waals surface area contributed by atoms with Crippen LogP contribution in [0.15, 0.2) is 24.3 Å². The van der Waals surface area contributed by atoms with E-state index in [-0.39, 0.29) is 5.91 Å². The lowest BCUT2D eigenvalue weighted by atomic mass is 10.1. The van der Waals surface area contributed by atoms with Crippen molar-refractivity contribution >= 4 is 11.6 Å². The number of carbonyl (C=O) groups excluding carboxylic acids is 1. The monoisotopic (exact) mass is 304 g/mol. The summed E-state index contributed by atoms with van der Waals surface area (Å²) in [4.78, 5) is 16.8. The van der Waals surface area contributed by atoms with Gasteiger partial charge in [0.05, 0.1) is 0 Å². The number of aryl methyl sites for hydroxylation is 1. The van der Waals surface area contributed by atoms with Crippen molar-refractivity contribution in [2.24, 2.45) is 0 Å². The Morgan fingerprint density at radius 1 is 1.27 bits per heavy atom. The summed E-state index contributed by atoms with van der Waals surface area (Å²) in [6.07, 6.45) is 1.19. The molecule has 22 heavy (non-hydrogen) atoms. The zero-order valence-electron chi connectivity index (χ0n) is 13.7. The molecular weight excluding hydrogens is 276 g/mol. The highest BCUT2D eigenvalue weighted by molar-refractivity contribution is 5.76. The van der Waals surface area contributed by atoms with Gasteiger partial charge in [-0.25, -0.2) is 0 Å². The topological polar surface area (TPSA) is 61.6 Å². The molecule has 1 aromatic carbocycles. The van der Waals surface area contributed by atoms with E-state index in [4.69, 9.17) is 5.73 Å². The number of amides is 1. The predicted octanol–water partition coefficient (Wildman–Crippen LogP) is 0.954. The zero-order valence-corrected chi connectivity index (χ0v) is 13.7. The Hall–Kier alpha value is -1.59. The minimum Gasteiger partial charge on any atom is -0.399 e. The molecule has 5 nitrogen and oxygen atoms in total. The van der Waals surface area contributed by atoms with Crippen LogP contribution in [0.4, 0.5) is 5.69 Å². The number of nitrogen functional groups attached to an aromatic ring is 1. The lowest BCUT2D eigenvalue weighted by molar-refractivity contribution is -0.121. The Morgan fingerprint density at radius 2 is 1.95 bits per heavy atom. The van der Waals surface area contributed by atoms with E-state index >= 15 is 0 Å². The van der Waals surface area contributed by atoms with Gasteiger partial charge in [0.2, 0.25) is 5.91 Å². The molecular formula is C17H28N4O. The average molecular weight is 304 g/mol. The van der Waals surface area contributed by atoms with Crippen molar-refractivity contribution < 1.29 is 4.79 Å². The SMILES string of the molecule is CC(CNC(=O)CCc1ccccc1N)N1CCN(C)CC1. The van der Waals surface area contributed by atoms with Crippen LogP contribution in [0.3, 0.4) is 0 Å². The number of para-hydroxylation sites is 1. The summed E-state index contributed by atoms with van der Waals surface area (Å²) in [5.74, 6) is 0.101. The largest absolute Gasteiger partial charge is 0.399 e. The third-order valence-electron chi connectivity index (χ3n) is 4.43. The fraction of sp³-hybridized carbons (Fsp3) is 0.588. The van der Waals surface area contributed by atoms with Crippen LogP contribution < -0.4 is 11.1 Å². The first-order chi connectivity index (χ1) is 10.6. The van der Waals surface area contributed by atoms with Gasteiger partial charge >= 0.3 is 0 Å². The van der Waals surface area contributed by atoms with E-state index in [0.29, 0.717) is 25.4 Å². The number of hydrogen-bond acceptors (Lipinski definition) is 4. The van der Waals surface area contributed by atoms with Crippen molar-refractivity contribution in [3.63, 3.8) is 0 Å². The van der Waals surface area contributed by atoms with E-state index in [2.05, 4.69) is 29.1 Å². The summed E-state index contributed by atoms with van der Waals surface area (Å²) in [7, 11) is 2.15. The minimum absolute atomic E-state index is 0.101. The number of nitrogens with zero attached hydrogens (tertiary/aromatic N) is 2. The molecule has 1 aromatic rings. The van der Waals surface area contributed by atoms with Gasteiger partial charge in [0.1, 0.15) is 0 Å². The Kier molecular flexibility index (Phi) is 6.21. The van der Waals surface area contributed by atoms with E-state index in [9.17, 15) is 4.79 Å².